The summed E-state index contributed by atoms with van der Waals surface area (Å²) in [5, 5.41) is 8.74. The number of carbonyl (C=O) groups is 1. The zero-order chi connectivity index (χ0) is 16.1. The Kier molecular flexibility index (Phi) is 5.30. The highest BCUT2D eigenvalue weighted by Gasteiger charge is 2.22. The average Bonchev–Trinajstić information content (AvgIpc) is 3.04. The van der Waals surface area contributed by atoms with Gasteiger partial charge in [-0.25, -0.2) is 0 Å². The van der Waals surface area contributed by atoms with Crippen LogP contribution in [-0.4, -0.2) is 46.7 Å². The lowest BCUT2D eigenvalue weighted by molar-refractivity contribution is -0.116. The van der Waals surface area contributed by atoms with E-state index in [0.717, 1.165) is 30.2 Å². The molecule has 0 fully saturated rings. The molecule has 1 amide bonds. The van der Waals surface area contributed by atoms with Crippen LogP contribution < -0.4 is 4.90 Å². The van der Waals surface area contributed by atoms with Gasteiger partial charge in [0, 0.05) is 25.9 Å². The Hall–Kier alpha value is -1.86. The largest absolute Gasteiger partial charge is 0.383 e. The molecule has 0 saturated heterocycles. The normalized spacial score (nSPS) is 13.9. The summed E-state index contributed by atoms with van der Waals surface area (Å²) in [7, 11) is 1.66. The molecule has 3 rings (SSSR count). The van der Waals surface area contributed by atoms with Crippen LogP contribution in [0.5, 0.6) is 0 Å². The number of aryl methyl sites for hydroxylation is 1. The summed E-state index contributed by atoms with van der Waals surface area (Å²) in [5.41, 5.74) is 2.30. The summed E-state index contributed by atoms with van der Waals surface area (Å²) >= 11 is 1.42. The zero-order valence-electron chi connectivity index (χ0n) is 13.1. The van der Waals surface area contributed by atoms with Crippen LogP contribution in [0.1, 0.15) is 12.0 Å². The fourth-order valence-corrected chi connectivity index (χ4v) is 3.51. The number of anilines is 1. The van der Waals surface area contributed by atoms with Crippen molar-refractivity contribution in [1.82, 2.24) is 14.8 Å². The van der Waals surface area contributed by atoms with E-state index in [0.29, 0.717) is 18.9 Å². The second kappa shape index (κ2) is 7.61. The molecule has 0 saturated carbocycles. The summed E-state index contributed by atoms with van der Waals surface area (Å²) in [6.07, 6.45) is 3.72. The molecule has 0 N–H and O–H groups in total. The number of ether oxygens (including phenoxy) is 1. The average molecular weight is 332 g/mol. The maximum atomic E-state index is 12.6. The van der Waals surface area contributed by atoms with Gasteiger partial charge in [0.15, 0.2) is 5.16 Å². The first-order valence-electron chi connectivity index (χ1n) is 7.67. The van der Waals surface area contributed by atoms with Gasteiger partial charge < -0.3 is 14.2 Å². The number of aromatic nitrogens is 3. The molecular formula is C16H20N4O2S. The summed E-state index contributed by atoms with van der Waals surface area (Å²) in [4.78, 5) is 14.5. The molecule has 1 aliphatic heterocycles. The van der Waals surface area contributed by atoms with Crippen LogP contribution in [0.3, 0.4) is 0 Å². The molecule has 7 heteroatoms. The number of hydrogen-bond acceptors (Lipinski definition) is 5. The monoisotopic (exact) mass is 332 g/mol. The zero-order valence-corrected chi connectivity index (χ0v) is 14.0. The Balaban J connectivity index is 1.63. The van der Waals surface area contributed by atoms with Crippen molar-refractivity contribution < 1.29 is 9.53 Å². The minimum atomic E-state index is 0.114. The number of para-hydroxylation sites is 1. The quantitative estimate of drug-likeness (QED) is 0.757. The summed E-state index contributed by atoms with van der Waals surface area (Å²) in [6, 6.07) is 8.14. The number of rotatable bonds is 6. The van der Waals surface area contributed by atoms with Crippen molar-refractivity contribution in [3.05, 3.63) is 36.2 Å². The van der Waals surface area contributed by atoms with Crippen LogP contribution in [0.2, 0.25) is 0 Å². The lowest BCUT2D eigenvalue weighted by Crippen LogP contribution is -2.36. The summed E-state index contributed by atoms with van der Waals surface area (Å²) in [5.74, 6) is 0.475. The summed E-state index contributed by atoms with van der Waals surface area (Å²) in [6.45, 7) is 2.07. The van der Waals surface area contributed by atoms with Crippen molar-refractivity contribution in [2.24, 2.45) is 0 Å². The number of benzene rings is 1. The molecule has 2 heterocycles. The number of fused-ring (bicyclic) bond motifs is 1. The van der Waals surface area contributed by atoms with E-state index in [9.17, 15) is 4.79 Å². The highest BCUT2D eigenvalue weighted by atomic mass is 32.2. The minimum absolute atomic E-state index is 0.114. The molecule has 0 bridgehead atoms. The molecule has 0 unspecified atom stereocenters. The maximum absolute atomic E-state index is 12.6. The maximum Gasteiger partial charge on any atom is 0.237 e. The van der Waals surface area contributed by atoms with Crippen molar-refractivity contribution in [2.75, 3.05) is 30.9 Å². The summed E-state index contributed by atoms with van der Waals surface area (Å²) < 4.78 is 6.98. The third-order valence-electron chi connectivity index (χ3n) is 3.85. The van der Waals surface area contributed by atoms with Crippen molar-refractivity contribution >= 4 is 23.4 Å². The Morgan fingerprint density at radius 3 is 3.13 bits per heavy atom. The highest BCUT2D eigenvalue weighted by molar-refractivity contribution is 7.99. The Morgan fingerprint density at radius 2 is 2.26 bits per heavy atom. The molecule has 1 aliphatic rings. The fourth-order valence-electron chi connectivity index (χ4n) is 2.70. The SMILES string of the molecule is COCCn1cnnc1SCC(=O)N1CCCc2ccccc21. The molecule has 23 heavy (non-hydrogen) atoms. The van der Waals surface area contributed by atoms with Crippen LogP contribution in [0.25, 0.3) is 0 Å². The van der Waals surface area contributed by atoms with Gasteiger partial charge in [-0.1, -0.05) is 30.0 Å². The number of methoxy groups -OCH3 is 1. The molecule has 0 radical (unpaired) electrons. The van der Waals surface area contributed by atoms with Gasteiger partial charge in [-0.3, -0.25) is 4.79 Å². The number of carbonyl (C=O) groups excluding carboxylic acids is 1. The van der Waals surface area contributed by atoms with Crippen molar-refractivity contribution in [3.8, 4) is 0 Å². The third kappa shape index (κ3) is 3.73. The van der Waals surface area contributed by atoms with Gasteiger partial charge in [0.1, 0.15) is 6.33 Å². The standard InChI is InChI=1S/C16H20N4O2S/c1-22-10-9-19-12-17-18-16(19)23-11-15(21)20-8-4-6-13-5-2-3-7-14(13)20/h2-3,5,7,12H,4,6,8-11H2,1H3. The number of nitrogens with zero attached hydrogens (tertiary/aromatic N) is 4. The second-order valence-electron chi connectivity index (χ2n) is 5.37. The second-order valence-corrected chi connectivity index (χ2v) is 6.31. The van der Waals surface area contributed by atoms with E-state index in [1.807, 2.05) is 27.7 Å². The molecule has 0 spiro atoms. The smallest absolute Gasteiger partial charge is 0.237 e. The van der Waals surface area contributed by atoms with Gasteiger partial charge in [0.05, 0.1) is 12.4 Å². The van der Waals surface area contributed by atoms with E-state index in [2.05, 4.69) is 16.3 Å². The van der Waals surface area contributed by atoms with Crippen LogP contribution in [0.4, 0.5) is 5.69 Å². The Morgan fingerprint density at radius 1 is 1.39 bits per heavy atom. The number of hydrogen-bond donors (Lipinski definition) is 0. The van der Waals surface area contributed by atoms with Crippen LogP contribution in [0, 0.1) is 0 Å². The van der Waals surface area contributed by atoms with Gasteiger partial charge >= 0.3 is 0 Å². The Labute approximate surface area is 139 Å². The number of thioether (sulfide) groups is 1. The van der Waals surface area contributed by atoms with Crippen molar-refractivity contribution in [1.29, 1.82) is 0 Å². The lowest BCUT2D eigenvalue weighted by Gasteiger charge is -2.29. The van der Waals surface area contributed by atoms with Gasteiger partial charge in [0.25, 0.3) is 0 Å². The molecule has 2 aromatic rings. The van der Waals surface area contributed by atoms with E-state index in [1.165, 1.54) is 17.3 Å². The molecule has 6 nitrogen and oxygen atoms in total. The highest BCUT2D eigenvalue weighted by Crippen LogP contribution is 2.27. The van der Waals surface area contributed by atoms with Crippen molar-refractivity contribution in [3.63, 3.8) is 0 Å². The molecule has 0 atom stereocenters. The van der Waals surface area contributed by atoms with Gasteiger partial charge in [-0.05, 0) is 24.5 Å². The first-order chi connectivity index (χ1) is 11.3. The predicted molar refractivity (Wildman–Crippen MR) is 89.7 cm³/mol. The van der Waals surface area contributed by atoms with E-state index < -0.39 is 0 Å². The topological polar surface area (TPSA) is 60.2 Å². The molecule has 1 aromatic carbocycles. The van der Waals surface area contributed by atoms with E-state index >= 15 is 0 Å². The minimum Gasteiger partial charge on any atom is -0.383 e. The van der Waals surface area contributed by atoms with Gasteiger partial charge in [-0.15, -0.1) is 10.2 Å². The fraction of sp³-hybridized carbons (Fsp3) is 0.438. The van der Waals surface area contributed by atoms with Crippen LogP contribution in [0.15, 0.2) is 35.7 Å². The van der Waals surface area contributed by atoms with E-state index in [1.54, 1.807) is 13.4 Å². The Bertz CT molecular complexity index is 674. The first kappa shape index (κ1) is 16.0. The third-order valence-corrected chi connectivity index (χ3v) is 4.82. The van der Waals surface area contributed by atoms with Crippen LogP contribution >= 0.6 is 11.8 Å². The van der Waals surface area contributed by atoms with Gasteiger partial charge in [0.2, 0.25) is 5.91 Å². The molecule has 0 aliphatic carbocycles. The van der Waals surface area contributed by atoms with Gasteiger partial charge in [-0.2, -0.15) is 0 Å². The van der Waals surface area contributed by atoms with Crippen LogP contribution in [-0.2, 0) is 22.5 Å². The predicted octanol–water partition coefficient (Wildman–Crippen LogP) is 2.00. The van der Waals surface area contributed by atoms with E-state index in [-0.39, 0.29) is 5.91 Å². The molecular weight excluding hydrogens is 312 g/mol. The molecule has 122 valence electrons. The molecule has 1 aromatic heterocycles. The van der Waals surface area contributed by atoms with Crippen molar-refractivity contribution in [2.45, 2.75) is 24.5 Å². The number of amides is 1. The van der Waals surface area contributed by atoms with E-state index in [4.69, 9.17) is 4.74 Å². The lowest BCUT2D eigenvalue weighted by atomic mass is 10.0. The first-order valence-corrected chi connectivity index (χ1v) is 8.66.